The monoisotopic (exact) mass is 293 g/mol. The molecule has 18 heavy (non-hydrogen) atoms. The average molecular weight is 294 g/mol. The Hall–Kier alpha value is -1.15. The summed E-state index contributed by atoms with van der Waals surface area (Å²) in [5.41, 5.74) is 1.54. The van der Waals surface area contributed by atoms with Crippen molar-refractivity contribution in [2.75, 3.05) is 0 Å². The van der Waals surface area contributed by atoms with Crippen molar-refractivity contribution in [2.24, 2.45) is 5.73 Å². The number of phenolic OH excluding ortho intramolecular Hbond substituents is 1. The highest BCUT2D eigenvalue weighted by atomic mass is 35.5. The lowest BCUT2D eigenvalue weighted by molar-refractivity contribution is -0.156. The first-order valence-electron chi connectivity index (χ1n) is 4.37. The van der Waals surface area contributed by atoms with Gasteiger partial charge in [-0.15, -0.1) is 0 Å². The van der Waals surface area contributed by atoms with Gasteiger partial charge in [-0.05, 0) is 12.1 Å². The number of hydrogen-bond donors (Lipinski definition) is 2. The van der Waals surface area contributed by atoms with Crippen LogP contribution < -0.4 is 5.73 Å². The number of halogens is 7. The van der Waals surface area contributed by atoms with Crippen molar-refractivity contribution in [3.05, 3.63) is 28.3 Å². The Morgan fingerprint density at radius 1 is 1.11 bits per heavy atom. The van der Waals surface area contributed by atoms with Crippen molar-refractivity contribution in [1.82, 2.24) is 0 Å². The lowest BCUT2D eigenvalue weighted by Gasteiger charge is -2.22. The molecule has 1 aromatic carbocycles. The molecule has 3 N–H and O–H groups in total. The molecule has 0 heterocycles. The minimum atomic E-state index is -5.14. The van der Waals surface area contributed by atoms with Gasteiger partial charge in [0.05, 0.1) is 10.6 Å². The van der Waals surface area contributed by atoms with Gasteiger partial charge >= 0.3 is 12.4 Å². The van der Waals surface area contributed by atoms with Gasteiger partial charge in [-0.3, -0.25) is 0 Å². The molecule has 102 valence electrons. The van der Waals surface area contributed by atoms with Crippen LogP contribution in [0.25, 0.3) is 0 Å². The summed E-state index contributed by atoms with van der Waals surface area (Å²) in [6.07, 6.45) is -10.2. The second-order valence-corrected chi connectivity index (χ2v) is 3.78. The molecule has 0 amide bonds. The highest BCUT2D eigenvalue weighted by molar-refractivity contribution is 6.32. The highest BCUT2D eigenvalue weighted by Crippen LogP contribution is 2.45. The van der Waals surface area contributed by atoms with Crippen LogP contribution in [0, 0.1) is 0 Å². The van der Waals surface area contributed by atoms with E-state index >= 15 is 0 Å². The maximum Gasteiger partial charge on any atom is 0.416 e. The van der Waals surface area contributed by atoms with Crippen LogP contribution in [-0.2, 0) is 6.18 Å². The number of alkyl halides is 6. The molecule has 1 atom stereocenters. The van der Waals surface area contributed by atoms with Gasteiger partial charge < -0.3 is 10.8 Å². The van der Waals surface area contributed by atoms with Gasteiger partial charge in [0.25, 0.3) is 0 Å². The zero-order chi connectivity index (χ0) is 14.3. The van der Waals surface area contributed by atoms with Crippen molar-refractivity contribution < 1.29 is 31.4 Å². The summed E-state index contributed by atoms with van der Waals surface area (Å²) in [6, 6.07) is -2.00. The van der Waals surface area contributed by atoms with E-state index in [4.69, 9.17) is 17.3 Å². The Bertz CT molecular complexity index is 456. The zero-order valence-corrected chi connectivity index (χ0v) is 9.16. The third-order valence-electron chi connectivity index (χ3n) is 2.14. The van der Waals surface area contributed by atoms with Crippen molar-refractivity contribution >= 4 is 11.6 Å². The van der Waals surface area contributed by atoms with Crippen LogP contribution in [0.2, 0.25) is 5.02 Å². The standard InChI is InChI=1S/C9H6ClF6NO/c10-4-2-1-3(8(11,12)13)5(6(4)18)7(17)9(14,15)16/h1-2,7,18H,17H2/t7-/m0/s1. The largest absolute Gasteiger partial charge is 0.506 e. The number of hydrogen-bond acceptors (Lipinski definition) is 2. The lowest BCUT2D eigenvalue weighted by Crippen LogP contribution is -2.30. The molecule has 0 aliphatic rings. The van der Waals surface area contributed by atoms with Gasteiger partial charge in [0.1, 0.15) is 11.8 Å². The van der Waals surface area contributed by atoms with E-state index in [1.54, 1.807) is 0 Å². The summed E-state index contributed by atoms with van der Waals surface area (Å²) < 4.78 is 74.7. The predicted octanol–water partition coefficient (Wildman–Crippen LogP) is 3.63. The number of rotatable bonds is 1. The second-order valence-electron chi connectivity index (χ2n) is 3.37. The molecule has 9 heteroatoms. The number of nitrogens with two attached hydrogens (primary N) is 1. The molecule has 0 saturated heterocycles. The van der Waals surface area contributed by atoms with Crippen LogP contribution in [0.4, 0.5) is 26.3 Å². The van der Waals surface area contributed by atoms with Gasteiger partial charge in [-0.2, -0.15) is 26.3 Å². The van der Waals surface area contributed by atoms with E-state index < -0.39 is 40.3 Å². The first kappa shape index (κ1) is 14.9. The molecule has 0 fully saturated rings. The van der Waals surface area contributed by atoms with Crippen LogP contribution in [-0.4, -0.2) is 11.3 Å². The first-order valence-corrected chi connectivity index (χ1v) is 4.75. The van der Waals surface area contributed by atoms with Gasteiger partial charge in [-0.1, -0.05) is 11.6 Å². The molecule has 2 nitrogen and oxygen atoms in total. The Kier molecular flexibility index (Phi) is 3.73. The van der Waals surface area contributed by atoms with Gasteiger partial charge in [0, 0.05) is 5.56 Å². The molecule has 0 aliphatic carbocycles. The van der Waals surface area contributed by atoms with Crippen LogP contribution in [0.15, 0.2) is 12.1 Å². The number of benzene rings is 1. The molecule has 0 aliphatic heterocycles. The van der Waals surface area contributed by atoms with Gasteiger partial charge in [-0.25, -0.2) is 0 Å². The number of aromatic hydroxyl groups is 1. The smallest absolute Gasteiger partial charge is 0.416 e. The average Bonchev–Trinajstić information content (AvgIpc) is 2.17. The second kappa shape index (κ2) is 4.51. The van der Waals surface area contributed by atoms with Crippen molar-refractivity contribution in [2.45, 2.75) is 18.4 Å². The predicted molar refractivity (Wildman–Crippen MR) is 51.1 cm³/mol. The zero-order valence-electron chi connectivity index (χ0n) is 8.40. The highest BCUT2D eigenvalue weighted by Gasteiger charge is 2.45. The maximum absolute atomic E-state index is 12.5. The van der Waals surface area contributed by atoms with E-state index in [1.807, 2.05) is 0 Å². The lowest BCUT2D eigenvalue weighted by atomic mass is 9.98. The van der Waals surface area contributed by atoms with Crippen molar-refractivity contribution in [3.8, 4) is 5.75 Å². The molecule has 0 radical (unpaired) electrons. The topological polar surface area (TPSA) is 46.2 Å². The minimum absolute atomic E-state index is 0.336. The maximum atomic E-state index is 12.5. The van der Waals surface area contributed by atoms with E-state index in [9.17, 15) is 31.4 Å². The molecule has 1 aromatic rings. The molecular weight excluding hydrogens is 288 g/mol. The Morgan fingerprint density at radius 2 is 1.61 bits per heavy atom. The molecule has 0 aromatic heterocycles. The third kappa shape index (κ3) is 2.81. The summed E-state index contributed by atoms with van der Waals surface area (Å²) >= 11 is 5.29. The van der Waals surface area contributed by atoms with Crippen LogP contribution >= 0.6 is 11.6 Å². The summed E-state index contributed by atoms with van der Waals surface area (Å²) in [7, 11) is 0. The molecule has 0 saturated carbocycles. The SMILES string of the molecule is N[C@@H](c1c(C(F)(F)F)ccc(Cl)c1O)C(F)(F)F. The first-order chi connectivity index (χ1) is 7.96. The van der Waals surface area contributed by atoms with Crippen molar-refractivity contribution in [3.63, 3.8) is 0 Å². The van der Waals surface area contributed by atoms with Crippen LogP contribution in [0.1, 0.15) is 17.2 Å². The number of phenols is 1. The quantitative estimate of drug-likeness (QED) is 0.777. The van der Waals surface area contributed by atoms with E-state index in [1.165, 1.54) is 0 Å². The molecule has 0 spiro atoms. The fourth-order valence-electron chi connectivity index (χ4n) is 1.31. The Balaban J connectivity index is 3.53. The summed E-state index contributed by atoms with van der Waals surface area (Å²) in [5.74, 6) is -1.32. The third-order valence-corrected chi connectivity index (χ3v) is 2.44. The molecule has 0 unspecified atom stereocenters. The van der Waals surface area contributed by atoms with Crippen LogP contribution in [0.5, 0.6) is 5.75 Å². The van der Waals surface area contributed by atoms with Gasteiger partial charge in [0.2, 0.25) is 0 Å². The van der Waals surface area contributed by atoms with E-state index in [0.717, 1.165) is 0 Å². The van der Waals surface area contributed by atoms with Crippen LogP contribution in [0.3, 0.4) is 0 Å². The summed E-state index contributed by atoms with van der Waals surface area (Å²) in [6.45, 7) is 0. The van der Waals surface area contributed by atoms with E-state index in [0.29, 0.717) is 12.1 Å². The minimum Gasteiger partial charge on any atom is -0.506 e. The molecular formula is C9H6ClF6NO. The summed E-state index contributed by atoms with van der Waals surface area (Å²) in [5, 5.41) is 8.62. The van der Waals surface area contributed by atoms with E-state index in [2.05, 4.69) is 0 Å². The van der Waals surface area contributed by atoms with Crippen molar-refractivity contribution in [1.29, 1.82) is 0 Å². The summed E-state index contributed by atoms with van der Waals surface area (Å²) in [4.78, 5) is 0. The fourth-order valence-corrected chi connectivity index (χ4v) is 1.47. The fraction of sp³-hybridized carbons (Fsp3) is 0.333. The van der Waals surface area contributed by atoms with Gasteiger partial charge in [0.15, 0.2) is 0 Å². The normalized spacial score (nSPS) is 14.7. The van der Waals surface area contributed by atoms with E-state index in [-0.39, 0.29) is 0 Å². The Morgan fingerprint density at radius 3 is 2.00 bits per heavy atom. The Labute approximate surface area is 102 Å². The molecule has 0 bridgehead atoms. The molecule has 1 rings (SSSR count).